The van der Waals surface area contributed by atoms with Gasteiger partial charge in [0.25, 0.3) is 0 Å². The molecule has 2 aromatic carbocycles. The van der Waals surface area contributed by atoms with Crippen LogP contribution in [0.4, 0.5) is 5.69 Å². The molecule has 0 spiro atoms. The Hall–Kier alpha value is -1.77. The Labute approximate surface area is 194 Å². The monoisotopic (exact) mass is 504 g/mol. The van der Waals surface area contributed by atoms with Gasteiger partial charge in [-0.05, 0) is 49.6 Å². The molecule has 0 atom stereocenters. The predicted octanol–water partition coefficient (Wildman–Crippen LogP) is 5.67. The van der Waals surface area contributed by atoms with Crippen LogP contribution in [-0.4, -0.2) is 26.4 Å². The first-order valence-corrected chi connectivity index (χ1v) is 12.5. The second-order valence-electron chi connectivity index (χ2n) is 7.19. The summed E-state index contributed by atoms with van der Waals surface area (Å²) in [4.78, 5) is 12.4. The highest BCUT2D eigenvalue weighted by molar-refractivity contribution is 9.10. The lowest BCUT2D eigenvalue weighted by atomic mass is 10.1. The Morgan fingerprint density at radius 3 is 2.40 bits per heavy atom. The standard InChI is InChI=1S/C22H25BrN4OS2/c1-14-5-7-17(8-6-14)11-29-12-19-25-26-22(27(19)4)30-13-20(28)24-21-15(2)9-18(23)10-16(21)3/h5-10H,11-13H2,1-4H3,(H,24,28). The first kappa shape index (κ1) is 22.9. The molecule has 8 heteroatoms. The third kappa shape index (κ3) is 6.12. The van der Waals surface area contributed by atoms with Gasteiger partial charge in [0.1, 0.15) is 5.82 Å². The van der Waals surface area contributed by atoms with Crippen molar-refractivity contribution in [1.29, 1.82) is 0 Å². The van der Waals surface area contributed by atoms with E-state index < -0.39 is 0 Å². The number of aromatic nitrogens is 3. The number of nitrogens with one attached hydrogen (secondary N) is 1. The molecule has 0 aliphatic carbocycles. The van der Waals surface area contributed by atoms with Gasteiger partial charge in [0, 0.05) is 23.0 Å². The molecule has 0 bridgehead atoms. The lowest BCUT2D eigenvalue weighted by Crippen LogP contribution is -2.16. The van der Waals surface area contributed by atoms with E-state index in [9.17, 15) is 4.79 Å². The van der Waals surface area contributed by atoms with Crippen molar-refractivity contribution >= 4 is 51.0 Å². The van der Waals surface area contributed by atoms with Gasteiger partial charge in [0.15, 0.2) is 5.16 Å². The highest BCUT2D eigenvalue weighted by Crippen LogP contribution is 2.26. The Bertz CT molecular complexity index is 1010. The van der Waals surface area contributed by atoms with Crippen LogP contribution in [0.1, 0.15) is 28.1 Å². The number of benzene rings is 2. The normalized spacial score (nSPS) is 11.0. The van der Waals surface area contributed by atoms with Gasteiger partial charge in [-0.15, -0.1) is 22.0 Å². The Balaban J connectivity index is 1.51. The fourth-order valence-corrected chi connectivity index (χ4v) is 5.34. The predicted molar refractivity (Wildman–Crippen MR) is 130 cm³/mol. The number of carbonyl (C=O) groups is 1. The maximum absolute atomic E-state index is 12.4. The Morgan fingerprint density at radius 1 is 1.07 bits per heavy atom. The van der Waals surface area contributed by atoms with Crippen LogP contribution in [0.2, 0.25) is 0 Å². The number of nitrogens with zero attached hydrogens (tertiary/aromatic N) is 3. The van der Waals surface area contributed by atoms with Gasteiger partial charge in [-0.1, -0.05) is 57.5 Å². The highest BCUT2D eigenvalue weighted by Gasteiger charge is 2.13. The molecule has 0 unspecified atom stereocenters. The van der Waals surface area contributed by atoms with Crippen molar-refractivity contribution in [2.45, 2.75) is 37.4 Å². The lowest BCUT2D eigenvalue weighted by Gasteiger charge is -2.12. The van der Waals surface area contributed by atoms with Crippen LogP contribution >= 0.6 is 39.5 Å². The average molecular weight is 506 g/mol. The number of thioether (sulfide) groups is 2. The summed E-state index contributed by atoms with van der Waals surface area (Å²) in [5.74, 6) is 2.87. The molecule has 1 amide bonds. The topological polar surface area (TPSA) is 59.8 Å². The summed E-state index contributed by atoms with van der Waals surface area (Å²) in [6.45, 7) is 6.07. The summed E-state index contributed by atoms with van der Waals surface area (Å²) in [7, 11) is 1.95. The molecule has 0 radical (unpaired) electrons. The first-order valence-electron chi connectivity index (χ1n) is 9.54. The van der Waals surface area contributed by atoms with Gasteiger partial charge in [-0.3, -0.25) is 4.79 Å². The van der Waals surface area contributed by atoms with Crippen molar-refractivity contribution in [1.82, 2.24) is 14.8 Å². The molecule has 3 aromatic rings. The zero-order chi connectivity index (χ0) is 21.7. The molecule has 0 saturated heterocycles. The van der Waals surface area contributed by atoms with Crippen LogP contribution in [0.15, 0.2) is 46.0 Å². The third-order valence-corrected chi connectivity index (χ3v) is 7.12. The second kappa shape index (κ2) is 10.5. The molecule has 30 heavy (non-hydrogen) atoms. The summed E-state index contributed by atoms with van der Waals surface area (Å²) < 4.78 is 2.98. The largest absolute Gasteiger partial charge is 0.325 e. The zero-order valence-electron chi connectivity index (χ0n) is 17.5. The van der Waals surface area contributed by atoms with E-state index in [2.05, 4.69) is 62.6 Å². The molecule has 1 N–H and O–H groups in total. The van der Waals surface area contributed by atoms with E-state index >= 15 is 0 Å². The maximum atomic E-state index is 12.4. The number of hydrogen-bond donors (Lipinski definition) is 1. The number of aryl methyl sites for hydroxylation is 3. The summed E-state index contributed by atoms with van der Waals surface area (Å²) in [5.41, 5.74) is 5.51. The molecule has 1 heterocycles. The highest BCUT2D eigenvalue weighted by atomic mass is 79.9. The number of hydrogen-bond acceptors (Lipinski definition) is 5. The molecular formula is C22H25BrN4OS2. The molecule has 0 saturated carbocycles. The van der Waals surface area contributed by atoms with Gasteiger partial charge in [0.05, 0.1) is 11.5 Å². The zero-order valence-corrected chi connectivity index (χ0v) is 20.7. The molecular weight excluding hydrogens is 480 g/mol. The molecule has 0 fully saturated rings. The smallest absolute Gasteiger partial charge is 0.234 e. The maximum Gasteiger partial charge on any atom is 0.234 e. The van der Waals surface area contributed by atoms with Gasteiger partial charge >= 0.3 is 0 Å². The molecule has 5 nitrogen and oxygen atoms in total. The number of amides is 1. The molecule has 3 rings (SSSR count). The van der Waals surface area contributed by atoms with E-state index in [4.69, 9.17) is 0 Å². The van der Waals surface area contributed by atoms with Crippen LogP contribution in [0, 0.1) is 20.8 Å². The molecule has 0 aliphatic rings. The van der Waals surface area contributed by atoms with Crippen molar-refractivity contribution in [3.8, 4) is 0 Å². The van der Waals surface area contributed by atoms with E-state index in [1.54, 1.807) is 0 Å². The second-order valence-corrected chi connectivity index (χ2v) is 10.0. The molecule has 0 aliphatic heterocycles. The summed E-state index contributed by atoms with van der Waals surface area (Å²) >= 11 is 6.69. The molecule has 158 valence electrons. The van der Waals surface area contributed by atoms with Gasteiger partial charge in [0.2, 0.25) is 5.91 Å². The Kier molecular flexibility index (Phi) is 8.02. The van der Waals surface area contributed by atoms with E-state index in [0.29, 0.717) is 0 Å². The quantitative estimate of drug-likeness (QED) is 0.400. The minimum absolute atomic E-state index is 0.0492. The minimum atomic E-state index is -0.0492. The van der Waals surface area contributed by atoms with Crippen molar-refractivity contribution in [2.75, 3.05) is 11.1 Å². The van der Waals surface area contributed by atoms with Crippen molar-refractivity contribution < 1.29 is 4.79 Å². The van der Waals surface area contributed by atoms with Crippen LogP contribution in [0.5, 0.6) is 0 Å². The fourth-order valence-electron chi connectivity index (χ4n) is 2.95. The van der Waals surface area contributed by atoms with Gasteiger partial charge < -0.3 is 9.88 Å². The fraction of sp³-hybridized carbons (Fsp3) is 0.318. The van der Waals surface area contributed by atoms with E-state index in [0.717, 1.165) is 43.8 Å². The minimum Gasteiger partial charge on any atom is -0.325 e. The van der Waals surface area contributed by atoms with E-state index in [-0.39, 0.29) is 11.7 Å². The van der Waals surface area contributed by atoms with Crippen molar-refractivity contribution in [3.63, 3.8) is 0 Å². The summed E-state index contributed by atoms with van der Waals surface area (Å²) in [6.07, 6.45) is 0. The van der Waals surface area contributed by atoms with Gasteiger partial charge in [-0.25, -0.2) is 0 Å². The van der Waals surface area contributed by atoms with E-state index in [1.165, 1.54) is 22.9 Å². The lowest BCUT2D eigenvalue weighted by molar-refractivity contribution is -0.113. The number of carbonyl (C=O) groups excluding carboxylic acids is 1. The van der Waals surface area contributed by atoms with Crippen LogP contribution < -0.4 is 5.32 Å². The van der Waals surface area contributed by atoms with Crippen LogP contribution in [0.25, 0.3) is 0 Å². The SMILES string of the molecule is Cc1ccc(CSCc2nnc(SCC(=O)Nc3c(C)cc(Br)cc3C)n2C)cc1. The first-order chi connectivity index (χ1) is 14.3. The number of rotatable bonds is 8. The molecule has 1 aromatic heterocycles. The summed E-state index contributed by atoms with van der Waals surface area (Å²) in [5, 5.41) is 12.3. The average Bonchev–Trinajstić information content (AvgIpc) is 3.04. The Morgan fingerprint density at radius 2 is 1.73 bits per heavy atom. The van der Waals surface area contributed by atoms with Crippen LogP contribution in [-0.2, 0) is 23.3 Å². The summed E-state index contributed by atoms with van der Waals surface area (Å²) in [6, 6.07) is 12.6. The van der Waals surface area contributed by atoms with E-state index in [1.807, 2.05) is 49.4 Å². The third-order valence-electron chi connectivity index (χ3n) is 4.64. The van der Waals surface area contributed by atoms with Gasteiger partial charge in [-0.2, -0.15) is 0 Å². The van der Waals surface area contributed by atoms with Crippen molar-refractivity contribution in [3.05, 3.63) is 68.9 Å². The van der Waals surface area contributed by atoms with Crippen molar-refractivity contribution in [2.24, 2.45) is 7.05 Å². The number of halogens is 1. The number of anilines is 1. The van der Waals surface area contributed by atoms with Crippen LogP contribution in [0.3, 0.4) is 0 Å².